The van der Waals surface area contributed by atoms with E-state index in [4.69, 9.17) is 9.16 Å². The number of ether oxygens (including phenoxy) is 1. The van der Waals surface area contributed by atoms with Gasteiger partial charge in [0.25, 0.3) is 8.32 Å². The van der Waals surface area contributed by atoms with Gasteiger partial charge in [0.2, 0.25) is 0 Å². The van der Waals surface area contributed by atoms with Crippen LogP contribution in [0.2, 0.25) is 5.04 Å². The van der Waals surface area contributed by atoms with E-state index in [1.165, 1.54) is 17.5 Å². The highest BCUT2D eigenvalue weighted by Crippen LogP contribution is 2.37. The summed E-state index contributed by atoms with van der Waals surface area (Å²) in [5.41, 5.74) is 0.662. The van der Waals surface area contributed by atoms with Crippen molar-refractivity contribution in [2.45, 2.75) is 53.0 Å². The highest BCUT2D eigenvalue weighted by Gasteiger charge is 2.50. The molecule has 0 aliphatic heterocycles. The van der Waals surface area contributed by atoms with Gasteiger partial charge in [-0.15, -0.1) is 0 Å². The van der Waals surface area contributed by atoms with Gasteiger partial charge in [0.15, 0.2) is 0 Å². The minimum absolute atomic E-state index is 0.0254. The number of carbonyl (C=O) groups excluding carboxylic acids is 1. The zero-order valence-corrected chi connectivity index (χ0v) is 21.1. The van der Waals surface area contributed by atoms with Crippen LogP contribution in [0.5, 0.6) is 0 Å². The van der Waals surface area contributed by atoms with Gasteiger partial charge in [-0.3, -0.25) is 0 Å². The Balaban J connectivity index is 2.30. The minimum Gasteiger partial charge on any atom is -0.466 e. The lowest BCUT2D eigenvalue weighted by molar-refractivity contribution is -0.136. The largest absolute Gasteiger partial charge is 0.466 e. The second kappa shape index (κ2) is 10.9. The van der Waals surface area contributed by atoms with Crippen LogP contribution in [0.15, 0.2) is 72.3 Å². The maximum absolute atomic E-state index is 11.7. The van der Waals surface area contributed by atoms with Crippen LogP contribution in [-0.4, -0.2) is 28.0 Å². The molecule has 0 unspecified atom stereocenters. The molecule has 0 bridgehead atoms. The van der Waals surface area contributed by atoms with Gasteiger partial charge in [0.05, 0.1) is 7.11 Å². The molecule has 0 radical (unpaired) electrons. The van der Waals surface area contributed by atoms with Crippen molar-refractivity contribution in [1.82, 2.24) is 0 Å². The molecule has 2 atom stereocenters. The molecule has 0 N–H and O–H groups in total. The average Bonchev–Trinajstić information content (AvgIpc) is 2.74. The number of allylic oxidation sites excluding steroid dienone is 1. The summed E-state index contributed by atoms with van der Waals surface area (Å²) in [5, 5.41) is 2.58. The molecule has 4 heteroatoms. The molecular formula is C27H38O3Si. The Hall–Kier alpha value is -2.17. The van der Waals surface area contributed by atoms with Crippen molar-refractivity contribution in [3.05, 3.63) is 72.3 Å². The molecule has 31 heavy (non-hydrogen) atoms. The van der Waals surface area contributed by atoms with Crippen molar-refractivity contribution in [3.8, 4) is 0 Å². The normalized spacial score (nSPS) is 14.7. The fourth-order valence-corrected chi connectivity index (χ4v) is 9.15. The number of hydrogen-bond acceptors (Lipinski definition) is 3. The Morgan fingerprint density at radius 2 is 1.45 bits per heavy atom. The number of esters is 1. The van der Waals surface area contributed by atoms with E-state index in [0.717, 1.165) is 6.42 Å². The van der Waals surface area contributed by atoms with Gasteiger partial charge in [-0.2, -0.15) is 0 Å². The Kier molecular flexibility index (Phi) is 8.84. The van der Waals surface area contributed by atoms with Crippen LogP contribution in [0.3, 0.4) is 0 Å². The molecule has 0 aromatic heterocycles. The summed E-state index contributed by atoms with van der Waals surface area (Å²) in [5.74, 6) is 0.373. The van der Waals surface area contributed by atoms with E-state index < -0.39 is 8.32 Å². The van der Waals surface area contributed by atoms with Crippen molar-refractivity contribution < 1.29 is 14.0 Å². The summed E-state index contributed by atoms with van der Waals surface area (Å²) in [6.45, 7) is 13.8. The number of carbonyl (C=O) groups is 1. The molecule has 0 saturated heterocycles. The van der Waals surface area contributed by atoms with Gasteiger partial charge in [0, 0.05) is 12.2 Å². The first kappa shape index (κ1) is 25.1. The molecule has 0 aliphatic carbocycles. The lowest BCUT2D eigenvalue weighted by Crippen LogP contribution is -2.66. The number of hydrogen-bond donors (Lipinski definition) is 0. The van der Waals surface area contributed by atoms with Crippen molar-refractivity contribution in [2.75, 3.05) is 13.7 Å². The van der Waals surface area contributed by atoms with Gasteiger partial charge in [-0.1, -0.05) is 101 Å². The van der Waals surface area contributed by atoms with E-state index in [1.807, 2.05) is 13.0 Å². The highest BCUT2D eigenvalue weighted by atomic mass is 28.4. The zero-order valence-electron chi connectivity index (χ0n) is 20.1. The fraction of sp³-hybridized carbons (Fsp3) is 0.444. The van der Waals surface area contributed by atoms with Crippen molar-refractivity contribution in [1.29, 1.82) is 0 Å². The minimum atomic E-state index is -2.51. The topological polar surface area (TPSA) is 35.5 Å². The maximum Gasteiger partial charge on any atom is 0.333 e. The smallest absolute Gasteiger partial charge is 0.333 e. The van der Waals surface area contributed by atoms with Crippen LogP contribution in [0.25, 0.3) is 0 Å². The predicted molar refractivity (Wildman–Crippen MR) is 132 cm³/mol. The molecule has 0 aliphatic rings. The van der Waals surface area contributed by atoms with Crippen LogP contribution < -0.4 is 10.4 Å². The van der Waals surface area contributed by atoms with Crippen molar-refractivity contribution in [2.24, 2.45) is 11.8 Å². The summed E-state index contributed by atoms with van der Waals surface area (Å²) >= 11 is 0. The van der Waals surface area contributed by atoms with E-state index in [2.05, 4.69) is 95.3 Å². The molecular weight excluding hydrogens is 400 g/mol. The standard InChI is InChI=1S/C27H38O3Si/c1-21(19-23(3)26(28)29-7)18-22(2)20-30-31(27(4,5)6,24-14-10-8-11-15-24)25-16-12-9-13-17-25/h8-17,19,21-22H,18,20H2,1-7H3/b23-19+/t21-,22+/m0/s1. The third-order valence-corrected chi connectivity index (χ3v) is 10.8. The molecule has 2 aromatic rings. The monoisotopic (exact) mass is 438 g/mol. The summed E-state index contributed by atoms with van der Waals surface area (Å²) < 4.78 is 11.8. The van der Waals surface area contributed by atoms with E-state index in [0.29, 0.717) is 18.1 Å². The van der Waals surface area contributed by atoms with Crippen molar-refractivity contribution in [3.63, 3.8) is 0 Å². The van der Waals surface area contributed by atoms with E-state index in [9.17, 15) is 4.79 Å². The maximum atomic E-state index is 11.7. The first-order chi connectivity index (χ1) is 14.6. The van der Waals surface area contributed by atoms with E-state index in [1.54, 1.807) is 0 Å². The molecule has 0 fully saturated rings. The van der Waals surface area contributed by atoms with Gasteiger partial charge in [-0.05, 0) is 40.6 Å². The van der Waals surface area contributed by atoms with Crippen molar-refractivity contribution >= 4 is 24.7 Å². The summed E-state index contributed by atoms with van der Waals surface area (Å²) in [6.07, 6.45) is 2.96. The average molecular weight is 439 g/mol. The second-order valence-corrected chi connectivity index (χ2v) is 13.9. The highest BCUT2D eigenvalue weighted by molar-refractivity contribution is 6.99. The van der Waals surface area contributed by atoms with Gasteiger partial charge < -0.3 is 9.16 Å². The summed E-state index contributed by atoms with van der Waals surface area (Å²) in [6, 6.07) is 21.5. The lowest BCUT2D eigenvalue weighted by Gasteiger charge is -2.43. The first-order valence-electron chi connectivity index (χ1n) is 11.1. The molecule has 2 rings (SSSR count). The quantitative estimate of drug-likeness (QED) is 0.301. The Labute approximate surface area is 189 Å². The predicted octanol–water partition coefficient (Wildman–Crippen LogP) is 5.34. The Morgan fingerprint density at radius 1 is 0.968 bits per heavy atom. The Morgan fingerprint density at radius 3 is 1.87 bits per heavy atom. The van der Waals surface area contributed by atoms with Crippen LogP contribution in [0.4, 0.5) is 0 Å². The number of methoxy groups -OCH3 is 1. The first-order valence-corrected chi connectivity index (χ1v) is 13.0. The second-order valence-electron chi connectivity index (χ2n) is 9.63. The number of rotatable bonds is 9. The molecule has 2 aromatic carbocycles. The van der Waals surface area contributed by atoms with Crippen LogP contribution in [0, 0.1) is 11.8 Å². The van der Waals surface area contributed by atoms with Gasteiger partial charge >= 0.3 is 5.97 Å². The molecule has 3 nitrogen and oxygen atoms in total. The molecule has 0 amide bonds. The van der Waals surface area contributed by atoms with Gasteiger partial charge in [-0.25, -0.2) is 4.79 Å². The third-order valence-electron chi connectivity index (χ3n) is 5.82. The van der Waals surface area contributed by atoms with Crippen LogP contribution >= 0.6 is 0 Å². The van der Waals surface area contributed by atoms with E-state index in [-0.39, 0.29) is 16.9 Å². The van der Waals surface area contributed by atoms with E-state index >= 15 is 0 Å². The molecule has 0 saturated carbocycles. The molecule has 168 valence electrons. The SMILES string of the molecule is COC(=O)/C(C)=C/[C@@H](C)C[C@@H](C)CO[Si](c1ccccc1)(c1ccccc1)C(C)(C)C. The fourth-order valence-electron chi connectivity index (χ4n) is 4.46. The number of benzene rings is 2. The molecule has 0 heterocycles. The lowest BCUT2D eigenvalue weighted by atomic mass is 9.96. The molecule has 0 spiro atoms. The summed E-state index contributed by atoms with van der Waals surface area (Å²) in [4.78, 5) is 11.7. The zero-order chi connectivity index (χ0) is 23.1. The van der Waals surface area contributed by atoms with Gasteiger partial charge in [0.1, 0.15) is 0 Å². The van der Waals surface area contributed by atoms with Crippen LogP contribution in [-0.2, 0) is 14.0 Å². The van der Waals surface area contributed by atoms with Crippen LogP contribution in [0.1, 0.15) is 48.0 Å². The summed E-state index contributed by atoms with van der Waals surface area (Å²) in [7, 11) is -1.09. The Bertz CT molecular complexity index is 814. The third kappa shape index (κ3) is 6.17.